The minimum absolute atomic E-state index is 0.230. The van der Waals surface area contributed by atoms with Gasteiger partial charge in [0.05, 0.1) is 0 Å². The van der Waals surface area contributed by atoms with E-state index in [2.05, 4.69) is 52.3 Å². The standard InChI is InChI=1S/C23H29ClN2O/c24-22(17-21-9-5-2-6-10-21)18-25-14-15-26(23(19-25)12-16-27)13-11-20-7-3-1-4-8-20/h1-10,17,23,27H,11-16,18-19H2/b22-17-. The Morgan fingerprint density at radius 3 is 2.44 bits per heavy atom. The van der Waals surface area contributed by atoms with Gasteiger partial charge >= 0.3 is 0 Å². The van der Waals surface area contributed by atoms with Crippen molar-refractivity contribution in [2.24, 2.45) is 0 Å². The van der Waals surface area contributed by atoms with Gasteiger partial charge < -0.3 is 5.11 Å². The molecule has 1 N–H and O–H groups in total. The van der Waals surface area contributed by atoms with Crippen molar-refractivity contribution in [1.82, 2.24) is 9.80 Å². The molecule has 1 unspecified atom stereocenters. The minimum atomic E-state index is 0.230. The van der Waals surface area contributed by atoms with E-state index >= 15 is 0 Å². The molecule has 1 aliphatic heterocycles. The molecule has 0 aliphatic carbocycles. The fourth-order valence-corrected chi connectivity index (χ4v) is 4.02. The Morgan fingerprint density at radius 2 is 1.74 bits per heavy atom. The Labute approximate surface area is 167 Å². The highest BCUT2D eigenvalue weighted by Gasteiger charge is 2.26. The third-order valence-electron chi connectivity index (χ3n) is 5.18. The van der Waals surface area contributed by atoms with E-state index in [1.165, 1.54) is 5.56 Å². The van der Waals surface area contributed by atoms with Gasteiger partial charge in [-0.1, -0.05) is 72.3 Å². The van der Waals surface area contributed by atoms with E-state index in [0.29, 0.717) is 6.04 Å². The molecule has 4 heteroatoms. The third kappa shape index (κ3) is 6.47. The summed E-state index contributed by atoms with van der Waals surface area (Å²) >= 11 is 6.51. The average Bonchev–Trinajstić information content (AvgIpc) is 2.69. The lowest BCUT2D eigenvalue weighted by atomic mass is 10.1. The van der Waals surface area contributed by atoms with Crippen LogP contribution in [0.5, 0.6) is 0 Å². The van der Waals surface area contributed by atoms with Crippen molar-refractivity contribution >= 4 is 17.7 Å². The number of hydrogen-bond donors (Lipinski definition) is 1. The second-order valence-electron chi connectivity index (χ2n) is 7.17. The van der Waals surface area contributed by atoms with E-state index in [0.717, 1.165) is 56.2 Å². The maximum Gasteiger partial charge on any atom is 0.0446 e. The lowest BCUT2D eigenvalue weighted by Crippen LogP contribution is -2.54. The molecule has 1 aliphatic rings. The van der Waals surface area contributed by atoms with Gasteiger partial charge in [-0.05, 0) is 30.0 Å². The van der Waals surface area contributed by atoms with E-state index < -0.39 is 0 Å². The van der Waals surface area contributed by atoms with Crippen LogP contribution in [-0.4, -0.2) is 60.3 Å². The number of benzene rings is 2. The molecule has 3 nitrogen and oxygen atoms in total. The maximum atomic E-state index is 9.50. The minimum Gasteiger partial charge on any atom is -0.396 e. The van der Waals surface area contributed by atoms with Crippen LogP contribution in [0.15, 0.2) is 65.7 Å². The van der Waals surface area contributed by atoms with Gasteiger partial charge in [-0.3, -0.25) is 9.80 Å². The number of nitrogens with zero attached hydrogens (tertiary/aromatic N) is 2. The summed E-state index contributed by atoms with van der Waals surface area (Å²) in [4.78, 5) is 4.93. The topological polar surface area (TPSA) is 26.7 Å². The van der Waals surface area contributed by atoms with Crippen molar-refractivity contribution in [3.05, 3.63) is 76.8 Å². The summed E-state index contributed by atoms with van der Waals surface area (Å²) in [7, 11) is 0. The predicted molar refractivity (Wildman–Crippen MR) is 114 cm³/mol. The van der Waals surface area contributed by atoms with Gasteiger partial charge in [-0.15, -0.1) is 0 Å². The normalized spacial score (nSPS) is 19.3. The second kappa shape index (κ2) is 10.6. The largest absolute Gasteiger partial charge is 0.396 e. The van der Waals surface area contributed by atoms with Gasteiger partial charge in [0.1, 0.15) is 0 Å². The molecule has 144 valence electrons. The molecule has 1 heterocycles. The first-order chi connectivity index (χ1) is 13.2. The van der Waals surface area contributed by atoms with Crippen LogP contribution in [0.25, 0.3) is 6.08 Å². The van der Waals surface area contributed by atoms with Crippen LogP contribution in [-0.2, 0) is 6.42 Å². The first kappa shape index (κ1) is 20.1. The molecule has 0 aromatic heterocycles. The molecule has 0 radical (unpaired) electrons. The first-order valence-corrected chi connectivity index (χ1v) is 10.1. The quantitative estimate of drug-likeness (QED) is 0.748. The zero-order valence-electron chi connectivity index (χ0n) is 15.8. The van der Waals surface area contributed by atoms with Crippen molar-refractivity contribution < 1.29 is 5.11 Å². The summed E-state index contributed by atoms with van der Waals surface area (Å²) in [6, 6.07) is 21.2. The number of piperazine rings is 1. The highest BCUT2D eigenvalue weighted by atomic mass is 35.5. The highest BCUT2D eigenvalue weighted by molar-refractivity contribution is 6.31. The lowest BCUT2D eigenvalue weighted by Gasteiger charge is -2.41. The number of hydrogen-bond acceptors (Lipinski definition) is 3. The van der Waals surface area contributed by atoms with Gasteiger partial charge in [0.2, 0.25) is 0 Å². The number of aliphatic hydroxyl groups excluding tert-OH is 1. The lowest BCUT2D eigenvalue weighted by molar-refractivity contribution is 0.0658. The van der Waals surface area contributed by atoms with Crippen LogP contribution in [0, 0.1) is 0 Å². The maximum absolute atomic E-state index is 9.50. The molecule has 0 bridgehead atoms. The van der Waals surface area contributed by atoms with E-state index in [1.54, 1.807) is 0 Å². The molecular weight excluding hydrogens is 356 g/mol. The molecule has 0 amide bonds. The molecular formula is C23H29ClN2O. The van der Waals surface area contributed by atoms with E-state index in [4.69, 9.17) is 11.6 Å². The van der Waals surface area contributed by atoms with Gasteiger partial charge in [-0.2, -0.15) is 0 Å². The molecule has 1 fully saturated rings. The van der Waals surface area contributed by atoms with Crippen LogP contribution < -0.4 is 0 Å². The number of rotatable bonds is 8. The van der Waals surface area contributed by atoms with Crippen molar-refractivity contribution in [2.45, 2.75) is 18.9 Å². The smallest absolute Gasteiger partial charge is 0.0446 e. The second-order valence-corrected chi connectivity index (χ2v) is 7.66. The Balaban J connectivity index is 1.54. The van der Waals surface area contributed by atoms with Crippen molar-refractivity contribution in [2.75, 3.05) is 39.3 Å². The Bertz CT molecular complexity index is 705. The molecule has 2 aromatic rings. The Morgan fingerprint density at radius 1 is 1.04 bits per heavy atom. The van der Waals surface area contributed by atoms with Gasteiger partial charge in [0.15, 0.2) is 0 Å². The molecule has 0 saturated carbocycles. The average molecular weight is 385 g/mol. The first-order valence-electron chi connectivity index (χ1n) is 9.77. The highest BCUT2D eigenvalue weighted by Crippen LogP contribution is 2.18. The Kier molecular flexibility index (Phi) is 7.91. The van der Waals surface area contributed by atoms with E-state index in [-0.39, 0.29) is 6.61 Å². The SMILES string of the molecule is OCCC1CN(C/C(Cl)=C/c2ccccc2)CCN1CCc1ccccc1. The van der Waals surface area contributed by atoms with E-state index in [9.17, 15) is 5.11 Å². The molecule has 2 aromatic carbocycles. The third-order valence-corrected chi connectivity index (χ3v) is 5.41. The fraction of sp³-hybridized carbons (Fsp3) is 0.391. The molecule has 3 rings (SSSR count). The molecule has 1 saturated heterocycles. The summed E-state index contributed by atoms with van der Waals surface area (Å²) in [5.74, 6) is 0. The molecule has 27 heavy (non-hydrogen) atoms. The number of aliphatic hydroxyl groups is 1. The summed E-state index contributed by atoms with van der Waals surface area (Å²) in [5, 5.41) is 10.4. The molecule has 0 spiro atoms. The molecule has 1 atom stereocenters. The zero-order chi connectivity index (χ0) is 18.9. The van der Waals surface area contributed by atoms with Crippen LogP contribution in [0.1, 0.15) is 17.5 Å². The van der Waals surface area contributed by atoms with Crippen LogP contribution in [0.3, 0.4) is 0 Å². The Hall–Kier alpha value is -1.65. The monoisotopic (exact) mass is 384 g/mol. The summed E-state index contributed by atoms with van der Waals surface area (Å²) in [6.07, 6.45) is 3.91. The van der Waals surface area contributed by atoms with Gasteiger partial charge in [0, 0.05) is 50.4 Å². The number of halogens is 1. The zero-order valence-corrected chi connectivity index (χ0v) is 16.6. The van der Waals surface area contributed by atoms with Gasteiger partial charge in [0.25, 0.3) is 0 Å². The summed E-state index contributed by atoms with van der Waals surface area (Å²) in [6.45, 7) is 5.02. The van der Waals surface area contributed by atoms with Crippen LogP contribution >= 0.6 is 11.6 Å². The van der Waals surface area contributed by atoms with Crippen LogP contribution in [0.4, 0.5) is 0 Å². The van der Waals surface area contributed by atoms with Gasteiger partial charge in [-0.25, -0.2) is 0 Å². The van der Waals surface area contributed by atoms with Crippen molar-refractivity contribution in [3.63, 3.8) is 0 Å². The van der Waals surface area contributed by atoms with Crippen molar-refractivity contribution in [1.29, 1.82) is 0 Å². The van der Waals surface area contributed by atoms with E-state index in [1.807, 2.05) is 24.3 Å². The fourth-order valence-electron chi connectivity index (χ4n) is 3.72. The predicted octanol–water partition coefficient (Wildman–Crippen LogP) is 3.88. The van der Waals surface area contributed by atoms with Crippen molar-refractivity contribution in [3.8, 4) is 0 Å². The van der Waals surface area contributed by atoms with Crippen LogP contribution in [0.2, 0.25) is 0 Å². The summed E-state index contributed by atoms with van der Waals surface area (Å²) < 4.78 is 0. The summed E-state index contributed by atoms with van der Waals surface area (Å²) in [5.41, 5.74) is 2.51.